The fourth-order valence-corrected chi connectivity index (χ4v) is 3.28. The minimum atomic E-state index is -0.881. The Hall–Kier alpha value is -1.46. The van der Waals surface area contributed by atoms with E-state index in [-0.39, 0.29) is 17.4 Å². The third-order valence-corrected chi connectivity index (χ3v) is 4.29. The molecule has 0 aliphatic heterocycles. The second-order valence-electron chi connectivity index (χ2n) is 4.49. The standard InChI is InChI=1S/C14H11ClF2N2S/c1-8(9-4-5-20-7-9)19-12(6-15)18-11-3-2-10(16)13(17)14(11)19/h2-5,7-8H,6H2,1H3. The number of aromatic nitrogens is 2. The van der Waals surface area contributed by atoms with Gasteiger partial charge in [0.2, 0.25) is 0 Å². The van der Waals surface area contributed by atoms with Crippen LogP contribution < -0.4 is 0 Å². The topological polar surface area (TPSA) is 17.8 Å². The summed E-state index contributed by atoms with van der Waals surface area (Å²) in [5.41, 5.74) is 1.60. The van der Waals surface area contributed by atoms with Crippen LogP contribution in [0.4, 0.5) is 8.78 Å². The number of hydrogen-bond acceptors (Lipinski definition) is 2. The molecule has 20 heavy (non-hydrogen) atoms. The fourth-order valence-electron chi connectivity index (χ4n) is 2.34. The van der Waals surface area contributed by atoms with E-state index in [4.69, 9.17) is 11.6 Å². The maximum atomic E-state index is 14.1. The monoisotopic (exact) mass is 312 g/mol. The van der Waals surface area contributed by atoms with Crippen LogP contribution in [0, 0.1) is 11.6 Å². The normalized spacial score (nSPS) is 13.0. The first-order valence-corrected chi connectivity index (χ1v) is 7.54. The van der Waals surface area contributed by atoms with Crippen molar-refractivity contribution in [3.63, 3.8) is 0 Å². The third-order valence-electron chi connectivity index (χ3n) is 3.35. The van der Waals surface area contributed by atoms with Crippen LogP contribution >= 0.6 is 22.9 Å². The molecule has 0 amide bonds. The molecule has 2 nitrogen and oxygen atoms in total. The number of benzene rings is 1. The van der Waals surface area contributed by atoms with Crippen molar-refractivity contribution in [1.82, 2.24) is 9.55 Å². The van der Waals surface area contributed by atoms with Crippen LogP contribution in [0.25, 0.3) is 11.0 Å². The van der Waals surface area contributed by atoms with Gasteiger partial charge in [-0.3, -0.25) is 0 Å². The maximum Gasteiger partial charge on any atom is 0.184 e. The number of hydrogen-bond donors (Lipinski definition) is 0. The first-order chi connectivity index (χ1) is 9.63. The van der Waals surface area contributed by atoms with Gasteiger partial charge in [0.05, 0.1) is 17.4 Å². The highest BCUT2D eigenvalue weighted by atomic mass is 35.5. The lowest BCUT2D eigenvalue weighted by molar-refractivity contribution is 0.507. The highest BCUT2D eigenvalue weighted by molar-refractivity contribution is 7.07. The Labute approximate surface area is 123 Å². The molecule has 0 saturated heterocycles. The minimum absolute atomic E-state index is 0.143. The number of rotatable bonds is 3. The Morgan fingerprint density at radius 1 is 1.35 bits per heavy atom. The molecule has 0 spiro atoms. The molecule has 0 radical (unpaired) electrons. The molecule has 0 aliphatic rings. The number of thiophene rings is 1. The Morgan fingerprint density at radius 3 is 2.80 bits per heavy atom. The summed E-state index contributed by atoms with van der Waals surface area (Å²) >= 11 is 7.46. The van der Waals surface area contributed by atoms with Crippen LogP contribution in [0.15, 0.2) is 29.0 Å². The lowest BCUT2D eigenvalue weighted by atomic mass is 10.1. The smallest absolute Gasteiger partial charge is 0.184 e. The van der Waals surface area contributed by atoms with Crippen molar-refractivity contribution in [3.05, 3.63) is 52.0 Å². The molecule has 1 aromatic carbocycles. The highest BCUT2D eigenvalue weighted by Gasteiger charge is 2.21. The van der Waals surface area contributed by atoms with Gasteiger partial charge < -0.3 is 4.57 Å². The van der Waals surface area contributed by atoms with Crippen LogP contribution in [0.2, 0.25) is 0 Å². The molecule has 2 heterocycles. The van der Waals surface area contributed by atoms with Gasteiger partial charge in [-0.1, -0.05) is 0 Å². The molecule has 1 unspecified atom stereocenters. The van der Waals surface area contributed by atoms with Gasteiger partial charge in [-0.25, -0.2) is 13.8 Å². The zero-order valence-corrected chi connectivity index (χ0v) is 12.2. The number of fused-ring (bicyclic) bond motifs is 1. The molecule has 0 aliphatic carbocycles. The molecule has 6 heteroatoms. The number of nitrogens with zero attached hydrogens (tertiary/aromatic N) is 2. The molecule has 0 fully saturated rings. The molecule has 0 saturated carbocycles. The Balaban J connectivity index is 2.30. The Kier molecular flexibility index (Phi) is 3.48. The van der Waals surface area contributed by atoms with E-state index in [0.29, 0.717) is 11.3 Å². The van der Waals surface area contributed by atoms with Crippen LogP contribution in [0.3, 0.4) is 0 Å². The SMILES string of the molecule is CC(c1ccsc1)n1c(CCl)nc2ccc(F)c(F)c21. The second-order valence-corrected chi connectivity index (χ2v) is 5.54. The Morgan fingerprint density at radius 2 is 2.15 bits per heavy atom. The van der Waals surface area contributed by atoms with E-state index in [0.717, 1.165) is 11.6 Å². The van der Waals surface area contributed by atoms with E-state index in [1.807, 2.05) is 23.8 Å². The molecule has 104 valence electrons. The van der Waals surface area contributed by atoms with Crippen LogP contribution in [0.5, 0.6) is 0 Å². The summed E-state index contributed by atoms with van der Waals surface area (Å²) < 4.78 is 29.3. The van der Waals surface area contributed by atoms with Crippen molar-refractivity contribution in [2.45, 2.75) is 18.8 Å². The van der Waals surface area contributed by atoms with Crippen LogP contribution in [-0.4, -0.2) is 9.55 Å². The van der Waals surface area contributed by atoms with Crippen molar-refractivity contribution in [2.75, 3.05) is 0 Å². The Bertz CT molecular complexity index is 752. The molecule has 2 aromatic heterocycles. The van der Waals surface area contributed by atoms with E-state index in [9.17, 15) is 8.78 Å². The molecular weight excluding hydrogens is 302 g/mol. The predicted molar refractivity (Wildman–Crippen MR) is 77.3 cm³/mol. The summed E-state index contributed by atoms with van der Waals surface area (Å²) in [5.74, 6) is -1.08. The van der Waals surface area contributed by atoms with Gasteiger partial charge in [-0.05, 0) is 41.4 Å². The summed E-state index contributed by atoms with van der Waals surface area (Å²) in [7, 11) is 0. The fraction of sp³-hybridized carbons (Fsp3) is 0.214. The van der Waals surface area contributed by atoms with Gasteiger partial charge in [0.25, 0.3) is 0 Å². The maximum absolute atomic E-state index is 14.1. The molecule has 1 atom stereocenters. The van der Waals surface area contributed by atoms with Gasteiger partial charge in [0.15, 0.2) is 11.6 Å². The average molecular weight is 313 g/mol. The quantitative estimate of drug-likeness (QED) is 0.640. The summed E-state index contributed by atoms with van der Waals surface area (Å²) in [6.45, 7) is 1.92. The lowest BCUT2D eigenvalue weighted by Crippen LogP contribution is -2.10. The molecule has 3 aromatic rings. The van der Waals surface area contributed by atoms with Gasteiger partial charge in [-0.15, -0.1) is 11.6 Å². The predicted octanol–water partition coefficient (Wildman–Crippen LogP) is 4.72. The van der Waals surface area contributed by atoms with E-state index >= 15 is 0 Å². The van der Waals surface area contributed by atoms with Crippen molar-refractivity contribution < 1.29 is 8.78 Å². The number of imidazole rings is 1. The van der Waals surface area contributed by atoms with Crippen LogP contribution in [-0.2, 0) is 5.88 Å². The summed E-state index contributed by atoms with van der Waals surface area (Å²) in [6, 6.07) is 4.36. The summed E-state index contributed by atoms with van der Waals surface area (Å²) in [6.07, 6.45) is 0. The third kappa shape index (κ3) is 2.01. The zero-order chi connectivity index (χ0) is 14.3. The van der Waals surface area contributed by atoms with Gasteiger partial charge in [0, 0.05) is 0 Å². The number of alkyl halides is 1. The van der Waals surface area contributed by atoms with E-state index in [1.54, 1.807) is 15.9 Å². The van der Waals surface area contributed by atoms with E-state index < -0.39 is 11.6 Å². The summed E-state index contributed by atoms with van der Waals surface area (Å²) in [5, 5.41) is 3.92. The van der Waals surface area contributed by atoms with E-state index in [2.05, 4.69) is 4.98 Å². The van der Waals surface area contributed by atoms with E-state index in [1.165, 1.54) is 6.07 Å². The average Bonchev–Trinajstić information content (AvgIpc) is 3.09. The number of halogens is 3. The first kappa shape index (κ1) is 13.5. The zero-order valence-electron chi connectivity index (χ0n) is 10.6. The van der Waals surface area contributed by atoms with Gasteiger partial charge in [-0.2, -0.15) is 11.3 Å². The van der Waals surface area contributed by atoms with Crippen LogP contribution in [0.1, 0.15) is 24.4 Å². The minimum Gasteiger partial charge on any atom is -0.317 e. The highest BCUT2D eigenvalue weighted by Crippen LogP contribution is 2.30. The molecular formula is C14H11ClF2N2S. The van der Waals surface area contributed by atoms with Gasteiger partial charge >= 0.3 is 0 Å². The lowest BCUT2D eigenvalue weighted by Gasteiger charge is -2.16. The van der Waals surface area contributed by atoms with Crippen molar-refractivity contribution in [1.29, 1.82) is 0 Å². The molecule has 3 rings (SSSR count). The van der Waals surface area contributed by atoms with Crippen molar-refractivity contribution >= 4 is 34.0 Å². The first-order valence-electron chi connectivity index (χ1n) is 6.06. The van der Waals surface area contributed by atoms with Crippen molar-refractivity contribution in [3.8, 4) is 0 Å². The largest absolute Gasteiger partial charge is 0.317 e. The molecule has 0 N–H and O–H groups in total. The summed E-state index contributed by atoms with van der Waals surface area (Å²) in [4.78, 5) is 4.29. The van der Waals surface area contributed by atoms with Crippen molar-refractivity contribution in [2.24, 2.45) is 0 Å². The molecule has 0 bridgehead atoms. The van der Waals surface area contributed by atoms with Gasteiger partial charge in [0.1, 0.15) is 11.3 Å². The second kappa shape index (κ2) is 5.14.